The predicted molar refractivity (Wildman–Crippen MR) is 189 cm³/mol. The lowest BCUT2D eigenvalue weighted by atomic mass is 9.59. The smallest absolute Gasteiger partial charge is 0.240 e. The molecule has 8 aromatic rings. The van der Waals surface area contributed by atoms with Gasteiger partial charge in [-0.2, -0.15) is 4.98 Å². The molecule has 0 aliphatic heterocycles. The van der Waals surface area contributed by atoms with Crippen LogP contribution in [0.2, 0.25) is 5.28 Å². The molecule has 0 saturated carbocycles. The number of hydrogen-bond acceptors (Lipinski definition) is 6. The highest BCUT2D eigenvalue weighted by molar-refractivity contribution is 6.29. The van der Waals surface area contributed by atoms with Crippen LogP contribution in [0.1, 0.15) is 34.0 Å². The third-order valence-electron chi connectivity index (χ3n) is 8.86. The van der Waals surface area contributed by atoms with Crippen molar-refractivity contribution in [3.63, 3.8) is 0 Å². The molecule has 3 heterocycles. The van der Waals surface area contributed by atoms with E-state index < -0.39 is 11.3 Å². The van der Waals surface area contributed by atoms with Crippen molar-refractivity contribution < 1.29 is 0 Å². The third-order valence-corrected chi connectivity index (χ3v) is 9.11. The fourth-order valence-corrected chi connectivity index (χ4v) is 7.17. The molecule has 3 aromatic heterocycles. The summed E-state index contributed by atoms with van der Waals surface area (Å²) in [5.41, 5.74) is 13.0. The SMILES string of the molecule is Nc1cccc(C(c2ncc[nH]2)C(c2ccccc2)(c2ccccc2)c2ccccc2)c1-c1ncnc(-n2c(Cl)nc3ccccc32)n1. The number of nitrogens with two attached hydrogens (primary N) is 1. The summed E-state index contributed by atoms with van der Waals surface area (Å²) in [7, 11) is 0. The number of nitrogens with one attached hydrogen (secondary N) is 1. The first-order valence-corrected chi connectivity index (χ1v) is 15.9. The van der Waals surface area contributed by atoms with Gasteiger partial charge >= 0.3 is 0 Å². The van der Waals surface area contributed by atoms with Crippen molar-refractivity contribution in [2.45, 2.75) is 11.3 Å². The largest absolute Gasteiger partial charge is 0.398 e. The zero-order chi connectivity index (χ0) is 32.5. The van der Waals surface area contributed by atoms with Crippen LogP contribution in [0.25, 0.3) is 28.4 Å². The number of hydrogen-bond donors (Lipinski definition) is 2. The number of anilines is 1. The Hall–Kier alpha value is -6.12. The molecule has 0 bridgehead atoms. The minimum Gasteiger partial charge on any atom is -0.398 e. The Morgan fingerprint density at radius 2 is 1.29 bits per heavy atom. The van der Waals surface area contributed by atoms with E-state index in [1.807, 2.05) is 60.8 Å². The maximum atomic E-state index is 6.92. The molecule has 0 radical (unpaired) electrons. The van der Waals surface area contributed by atoms with Crippen LogP contribution in [0.3, 0.4) is 0 Å². The van der Waals surface area contributed by atoms with Crippen LogP contribution in [0.5, 0.6) is 0 Å². The van der Waals surface area contributed by atoms with Gasteiger partial charge in [0.1, 0.15) is 12.2 Å². The quantitative estimate of drug-likeness (QED) is 0.128. The van der Waals surface area contributed by atoms with E-state index in [0.717, 1.165) is 39.1 Å². The average molecular weight is 645 g/mol. The molecule has 8 rings (SSSR count). The van der Waals surface area contributed by atoms with Gasteiger partial charge in [0.25, 0.3) is 0 Å². The number of imidazole rings is 2. The van der Waals surface area contributed by atoms with E-state index in [2.05, 4.69) is 93.8 Å². The number of aromatic amines is 1. The Kier molecular flexibility index (Phi) is 7.47. The maximum absolute atomic E-state index is 6.92. The predicted octanol–water partition coefficient (Wildman–Crippen LogP) is 8.00. The summed E-state index contributed by atoms with van der Waals surface area (Å²) in [6.07, 6.45) is 5.13. The van der Waals surface area contributed by atoms with E-state index >= 15 is 0 Å². The molecule has 1 unspecified atom stereocenters. The molecule has 0 amide bonds. The van der Waals surface area contributed by atoms with Crippen molar-refractivity contribution in [1.82, 2.24) is 34.5 Å². The highest BCUT2D eigenvalue weighted by Crippen LogP contribution is 2.53. The first kappa shape index (κ1) is 29.3. The topological polar surface area (TPSA) is 111 Å². The lowest BCUT2D eigenvalue weighted by Crippen LogP contribution is -2.38. The van der Waals surface area contributed by atoms with E-state index in [9.17, 15) is 0 Å². The second-order valence-corrected chi connectivity index (χ2v) is 11.8. The lowest BCUT2D eigenvalue weighted by Gasteiger charge is -2.43. The second-order valence-electron chi connectivity index (χ2n) is 11.4. The van der Waals surface area contributed by atoms with Crippen molar-refractivity contribution in [3.05, 3.63) is 186 Å². The van der Waals surface area contributed by atoms with Crippen molar-refractivity contribution in [1.29, 1.82) is 0 Å². The Morgan fingerprint density at radius 3 is 1.92 bits per heavy atom. The number of para-hydroxylation sites is 2. The number of nitrogen functional groups attached to an aromatic ring is 1. The van der Waals surface area contributed by atoms with Crippen molar-refractivity contribution in [2.75, 3.05) is 5.73 Å². The summed E-state index contributed by atoms with van der Waals surface area (Å²) in [6.45, 7) is 0. The Balaban J connectivity index is 1.45. The van der Waals surface area contributed by atoms with Gasteiger partial charge in [0.2, 0.25) is 11.2 Å². The van der Waals surface area contributed by atoms with Gasteiger partial charge in [-0.15, -0.1) is 0 Å². The number of halogens is 1. The average Bonchev–Trinajstić information content (AvgIpc) is 3.79. The molecule has 8 nitrogen and oxygen atoms in total. The number of benzene rings is 5. The molecule has 0 aliphatic carbocycles. The molecule has 5 aromatic carbocycles. The molecule has 1 atom stereocenters. The number of fused-ring (bicyclic) bond motifs is 1. The van der Waals surface area contributed by atoms with Crippen molar-refractivity contribution >= 4 is 28.3 Å². The van der Waals surface area contributed by atoms with Gasteiger partial charge in [-0.25, -0.2) is 19.9 Å². The maximum Gasteiger partial charge on any atom is 0.240 e. The minimum atomic E-state index is -0.774. The molecule has 0 aliphatic rings. The zero-order valence-corrected chi connectivity index (χ0v) is 26.4. The fourth-order valence-electron chi connectivity index (χ4n) is 6.91. The van der Waals surface area contributed by atoms with E-state index in [0.29, 0.717) is 23.0 Å². The van der Waals surface area contributed by atoms with Crippen LogP contribution in [-0.4, -0.2) is 34.5 Å². The van der Waals surface area contributed by atoms with Gasteiger partial charge in [-0.05, 0) is 52.1 Å². The monoisotopic (exact) mass is 644 g/mol. The Labute approximate surface area is 282 Å². The van der Waals surface area contributed by atoms with Gasteiger partial charge in [-0.1, -0.05) is 115 Å². The van der Waals surface area contributed by atoms with Crippen LogP contribution in [0.15, 0.2) is 152 Å². The first-order chi connectivity index (χ1) is 23.7. The van der Waals surface area contributed by atoms with Crippen LogP contribution in [-0.2, 0) is 5.41 Å². The van der Waals surface area contributed by atoms with Crippen molar-refractivity contribution in [3.8, 4) is 17.3 Å². The van der Waals surface area contributed by atoms with Crippen LogP contribution >= 0.6 is 11.6 Å². The number of nitrogens with zero attached hydrogens (tertiary/aromatic N) is 6. The summed E-state index contributed by atoms with van der Waals surface area (Å²) < 4.78 is 1.72. The number of rotatable bonds is 8. The molecule has 48 heavy (non-hydrogen) atoms. The summed E-state index contributed by atoms with van der Waals surface area (Å²) >= 11 is 6.66. The van der Waals surface area contributed by atoms with Crippen molar-refractivity contribution in [2.24, 2.45) is 0 Å². The van der Waals surface area contributed by atoms with E-state index in [-0.39, 0.29) is 5.28 Å². The van der Waals surface area contributed by atoms with E-state index in [4.69, 9.17) is 32.3 Å². The zero-order valence-electron chi connectivity index (χ0n) is 25.6. The summed E-state index contributed by atoms with van der Waals surface area (Å²) in [5.74, 6) is 1.08. The highest BCUT2D eigenvalue weighted by Gasteiger charge is 2.47. The molecule has 0 saturated heterocycles. The van der Waals surface area contributed by atoms with Gasteiger partial charge in [0.15, 0.2) is 5.82 Å². The molecule has 232 valence electrons. The first-order valence-electron chi connectivity index (χ1n) is 15.5. The van der Waals surface area contributed by atoms with Gasteiger partial charge in [0.05, 0.1) is 22.4 Å². The van der Waals surface area contributed by atoms with E-state index in [1.54, 1.807) is 10.8 Å². The number of H-pyrrole nitrogens is 1. The Morgan fingerprint density at radius 1 is 0.667 bits per heavy atom. The van der Waals surface area contributed by atoms with Crippen LogP contribution in [0.4, 0.5) is 5.69 Å². The molecule has 3 N–H and O–H groups in total. The minimum absolute atomic E-state index is 0.249. The second kappa shape index (κ2) is 12.2. The van der Waals surface area contributed by atoms with Gasteiger partial charge in [-0.3, -0.25) is 4.57 Å². The van der Waals surface area contributed by atoms with Gasteiger partial charge < -0.3 is 10.7 Å². The number of aromatic nitrogens is 7. The summed E-state index contributed by atoms with van der Waals surface area (Å²) in [5, 5.41) is 0.249. The summed E-state index contributed by atoms with van der Waals surface area (Å²) in [6, 6.07) is 45.2. The molecule has 0 spiro atoms. The molecular weight excluding hydrogens is 616 g/mol. The lowest BCUT2D eigenvalue weighted by molar-refractivity contribution is 0.519. The molecule has 0 fully saturated rings. The fraction of sp³-hybridized carbons (Fsp3) is 0.0513. The molecule has 9 heteroatoms. The van der Waals surface area contributed by atoms with Crippen LogP contribution in [0, 0.1) is 0 Å². The van der Waals surface area contributed by atoms with E-state index in [1.165, 1.54) is 6.33 Å². The van der Waals surface area contributed by atoms with Gasteiger partial charge in [0, 0.05) is 23.6 Å². The third kappa shape index (κ3) is 4.82. The highest BCUT2D eigenvalue weighted by atomic mass is 35.5. The Bertz CT molecular complexity index is 2230. The molecular formula is C39H29ClN8. The standard InChI is InChI=1S/C39H29ClN8/c40-37-46-31-21-10-11-22-32(31)48(37)38-45-25-44-35(47-38)33-29(19-12-20-30(33)41)34(36-42-23-24-43-36)39(26-13-4-1-5-14-26,27-15-6-2-7-16-27)28-17-8-3-9-18-28/h1-25,34H,41H2,(H,42,43). The summed E-state index contributed by atoms with van der Waals surface area (Å²) in [4.78, 5) is 27.1. The normalized spacial score (nSPS) is 12.3. The van der Waals surface area contributed by atoms with Crippen LogP contribution < -0.4 is 5.73 Å².